The van der Waals surface area contributed by atoms with Crippen molar-refractivity contribution in [1.29, 1.82) is 0 Å². The molecule has 0 aliphatic heterocycles. The number of nitrogens with zero attached hydrogens (tertiary/aromatic N) is 4. The molecule has 6 nitrogen and oxygen atoms in total. The van der Waals surface area contributed by atoms with Crippen LogP contribution in [-0.4, -0.2) is 31.3 Å². The van der Waals surface area contributed by atoms with Crippen LogP contribution in [-0.2, 0) is 24.2 Å². The Morgan fingerprint density at radius 3 is 2.68 bits per heavy atom. The third kappa shape index (κ3) is 4.13. The van der Waals surface area contributed by atoms with E-state index >= 15 is 0 Å². The van der Waals surface area contributed by atoms with Gasteiger partial charge in [-0.25, -0.2) is 4.39 Å². The largest absolute Gasteiger partial charge is 0.481 e. The second kappa shape index (κ2) is 6.03. The summed E-state index contributed by atoms with van der Waals surface area (Å²) >= 11 is 0. The number of halogens is 1. The maximum atomic E-state index is 12.7. The van der Waals surface area contributed by atoms with Crippen LogP contribution in [0.4, 0.5) is 4.39 Å². The smallest absolute Gasteiger partial charge is 0.305 e. The molecular formula is C12H13FN4O2. The molecule has 1 heterocycles. The lowest BCUT2D eigenvalue weighted by Gasteiger charge is -1.98. The number of rotatable bonds is 6. The Morgan fingerprint density at radius 1 is 1.26 bits per heavy atom. The van der Waals surface area contributed by atoms with Crippen LogP contribution in [0.2, 0.25) is 0 Å². The van der Waals surface area contributed by atoms with Crippen molar-refractivity contribution >= 4 is 5.97 Å². The van der Waals surface area contributed by atoms with Gasteiger partial charge in [0, 0.05) is 6.42 Å². The molecule has 7 heteroatoms. The second-order valence-electron chi connectivity index (χ2n) is 4.07. The summed E-state index contributed by atoms with van der Waals surface area (Å²) in [7, 11) is 0. The highest BCUT2D eigenvalue weighted by molar-refractivity contribution is 5.66. The molecule has 0 spiro atoms. The summed E-state index contributed by atoms with van der Waals surface area (Å²) in [5, 5.41) is 20.2. The molecule has 0 fully saturated rings. The van der Waals surface area contributed by atoms with Gasteiger partial charge >= 0.3 is 5.97 Å². The number of aliphatic carboxylic acids is 1. The van der Waals surface area contributed by atoms with Crippen LogP contribution in [0, 0.1) is 5.82 Å². The average molecular weight is 264 g/mol. The van der Waals surface area contributed by atoms with Crippen molar-refractivity contribution in [2.45, 2.75) is 25.8 Å². The monoisotopic (exact) mass is 264 g/mol. The average Bonchev–Trinajstić information content (AvgIpc) is 2.84. The number of aryl methyl sites for hydroxylation is 3. The number of benzene rings is 1. The fourth-order valence-electron chi connectivity index (χ4n) is 1.57. The zero-order chi connectivity index (χ0) is 13.7. The number of hydrogen-bond donors (Lipinski definition) is 1. The molecule has 0 aliphatic carbocycles. The first-order valence-corrected chi connectivity index (χ1v) is 5.86. The van der Waals surface area contributed by atoms with Crippen LogP contribution in [0.5, 0.6) is 0 Å². The molecule has 1 aromatic heterocycles. The zero-order valence-corrected chi connectivity index (χ0v) is 10.2. The lowest BCUT2D eigenvalue weighted by molar-refractivity contribution is -0.137. The Labute approximate surface area is 108 Å². The summed E-state index contributed by atoms with van der Waals surface area (Å²) in [5.74, 6) is -0.610. The summed E-state index contributed by atoms with van der Waals surface area (Å²) < 4.78 is 12.7. The maximum Gasteiger partial charge on any atom is 0.305 e. The summed E-state index contributed by atoms with van der Waals surface area (Å²) in [6, 6.07) is 6.24. The minimum atomic E-state index is -0.898. The first-order chi connectivity index (χ1) is 9.13. The van der Waals surface area contributed by atoms with Crippen molar-refractivity contribution in [1.82, 2.24) is 20.2 Å². The molecule has 0 atom stereocenters. The minimum Gasteiger partial charge on any atom is -0.481 e. The van der Waals surface area contributed by atoms with Crippen LogP contribution < -0.4 is 0 Å². The molecule has 19 heavy (non-hydrogen) atoms. The van der Waals surface area contributed by atoms with Crippen LogP contribution in [0.3, 0.4) is 0 Å². The van der Waals surface area contributed by atoms with Gasteiger partial charge < -0.3 is 5.11 Å². The summed E-state index contributed by atoms with van der Waals surface area (Å²) in [5.41, 5.74) is 0.989. The fraction of sp³-hybridized carbons (Fsp3) is 0.333. The Morgan fingerprint density at radius 2 is 2.00 bits per heavy atom. The van der Waals surface area contributed by atoms with Crippen molar-refractivity contribution in [2.24, 2.45) is 0 Å². The van der Waals surface area contributed by atoms with E-state index in [-0.39, 0.29) is 18.8 Å². The lowest BCUT2D eigenvalue weighted by atomic mass is 10.1. The van der Waals surface area contributed by atoms with Crippen LogP contribution in [0.1, 0.15) is 17.8 Å². The van der Waals surface area contributed by atoms with Gasteiger partial charge in [-0.3, -0.25) is 4.79 Å². The van der Waals surface area contributed by atoms with Gasteiger partial charge in [-0.05, 0) is 29.3 Å². The van der Waals surface area contributed by atoms with Gasteiger partial charge in [0.2, 0.25) is 0 Å². The van der Waals surface area contributed by atoms with Gasteiger partial charge in [-0.15, -0.1) is 10.2 Å². The highest BCUT2D eigenvalue weighted by Gasteiger charge is 2.05. The molecule has 100 valence electrons. The van der Waals surface area contributed by atoms with Gasteiger partial charge in [0.25, 0.3) is 0 Å². The Balaban J connectivity index is 1.86. The minimum absolute atomic E-state index is 0.0340. The molecule has 0 saturated heterocycles. The molecule has 0 unspecified atom stereocenters. The molecule has 2 aromatic rings. The van der Waals surface area contributed by atoms with Gasteiger partial charge in [0.15, 0.2) is 5.82 Å². The predicted molar refractivity (Wildman–Crippen MR) is 63.9 cm³/mol. The van der Waals surface area contributed by atoms with Gasteiger partial charge in [0.05, 0.1) is 13.0 Å². The van der Waals surface area contributed by atoms with Crippen molar-refractivity contribution in [3.8, 4) is 0 Å². The summed E-state index contributed by atoms with van der Waals surface area (Å²) in [6.45, 7) is 0.207. The summed E-state index contributed by atoms with van der Waals surface area (Å²) in [4.78, 5) is 11.7. The van der Waals surface area contributed by atoms with E-state index in [1.807, 2.05) is 0 Å². The van der Waals surface area contributed by atoms with E-state index < -0.39 is 5.97 Å². The van der Waals surface area contributed by atoms with Crippen LogP contribution in [0.25, 0.3) is 0 Å². The van der Waals surface area contributed by atoms with E-state index in [0.717, 1.165) is 5.56 Å². The molecule has 0 saturated carbocycles. The standard InChI is InChI=1S/C12H13FN4O2/c13-10-4-1-9(2-5-10)3-6-11-14-16-17(15-11)8-7-12(18)19/h1-2,4-5H,3,6-8H2,(H,18,19). The van der Waals surface area contributed by atoms with E-state index in [9.17, 15) is 9.18 Å². The molecule has 0 amide bonds. The Hall–Kier alpha value is -2.31. The van der Waals surface area contributed by atoms with Crippen molar-refractivity contribution in [2.75, 3.05) is 0 Å². The van der Waals surface area contributed by atoms with E-state index in [1.165, 1.54) is 16.9 Å². The van der Waals surface area contributed by atoms with E-state index in [1.54, 1.807) is 12.1 Å². The van der Waals surface area contributed by atoms with E-state index in [4.69, 9.17) is 5.11 Å². The molecule has 1 N–H and O–H groups in total. The number of carboxylic acids is 1. The molecule has 1 aromatic carbocycles. The molecule has 2 rings (SSSR count). The molecular weight excluding hydrogens is 251 g/mol. The van der Waals surface area contributed by atoms with E-state index in [0.29, 0.717) is 18.7 Å². The highest BCUT2D eigenvalue weighted by atomic mass is 19.1. The van der Waals surface area contributed by atoms with Crippen molar-refractivity contribution in [3.63, 3.8) is 0 Å². The number of aromatic nitrogens is 4. The number of hydrogen-bond acceptors (Lipinski definition) is 4. The Kier molecular flexibility index (Phi) is 4.17. The fourth-order valence-corrected chi connectivity index (χ4v) is 1.57. The highest BCUT2D eigenvalue weighted by Crippen LogP contribution is 2.05. The quantitative estimate of drug-likeness (QED) is 0.844. The first-order valence-electron chi connectivity index (χ1n) is 5.86. The third-order valence-corrected chi connectivity index (χ3v) is 2.57. The van der Waals surface area contributed by atoms with Gasteiger partial charge in [0.1, 0.15) is 5.82 Å². The third-order valence-electron chi connectivity index (χ3n) is 2.57. The Bertz CT molecular complexity index is 553. The number of tetrazole rings is 1. The molecule has 0 bridgehead atoms. The summed E-state index contributed by atoms with van der Waals surface area (Å²) in [6.07, 6.45) is 1.23. The van der Waals surface area contributed by atoms with Crippen molar-refractivity contribution in [3.05, 3.63) is 41.5 Å². The maximum absolute atomic E-state index is 12.7. The van der Waals surface area contributed by atoms with Gasteiger partial charge in [-0.2, -0.15) is 4.80 Å². The molecule has 0 aliphatic rings. The van der Waals surface area contributed by atoms with Crippen LogP contribution in [0.15, 0.2) is 24.3 Å². The second-order valence-corrected chi connectivity index (χ2v) is 4.07. The zero-order valence-electron chi connectivity index (χ0n) is 10.2. The number of carboxylic acid groups (broad SMARTS) is 1. The normalized spacial score (nSPS) is 10.6. The van der Waals surface area contributed by atoms with Crippen molar-refractivity contribution < 1.29 is 14.3 Å². The first kappa shape index (κ1) is 13.1. The topological polar surface area (TPSA) is 80.9 Å². The lowest BCUT2D eigenvalue weighted by Crippen LogP contribution is -2.07. The predicted octanol–water partition coefficient (Wildman–Crippen LogP) is 1.07. The molecule has 0 radical (unpaired) electrons. The van der Waals surface area contributed by atoms with E-state index in [2.05, 4.69) is 15.4 Å². The van der Waals surface area contributed by atoms with Gasteiger partial charge in [-0.1, -0.05) is 12.1 Å². The van der Waals surface area contributed by atoms with Crippen LogP contribution >= 0.6 is 0 Å². The number of carbonyl (C=O) groups is 1. The SMILES string of the molecule is O=C(O)CCn1nnc(CCc2ccc(F)cc2)n1.